The molecule has 4 nitrogen and oxygen atoms in total. The van der Waals surface area contributed by atoms with Crippen molar-refractivity contribution in [2.24, 2.45) is 0 Å². The van der Waals surface area contributed by atoms with Crippen LogP contribution in [0, 0.1) is 0 Å². The second-order valence-electron chi connectivity index (χ2n) is 5.15. The van der Waals surface area contributed by atoms with E-state index in [1.807, 2.05) is 0 Å². The first kappa shape index (κ1) is 12.2. The first-order valence-corrected chi connectivity index (χ1v) is 7.19. The predicted molar refractivity (Wildman–Crippen MR) is 73.1 cm³/mol. The van der Waals surface area contributed by atoms with Gasteiger partial charge in [0.2, 0.25) is 0 Å². The molecule has 2 unspecified atom stereocenters. The molecule has 2 saturated heterocycles. The van der Waals surface area contributed by atoms with Gasteiger partial charge in [0, 0.05) is 18.6 Å². The van der Waals surface area contributed by atoms with Crippen molar-refractivity contribution in [2.75, 3.05) is 18.0 Å². The second-order valence-corrected chi connectivity index (χ2v) is 5.56. The average Bonchev–Trinajstić information content (AvgIpc) is 2.93. The van der Waals surface area contributed by atoms with Crippen LogP contribution in [0.2, 0.25) is 5.02 Å². The number of piperidine rings is 1. The summed E-state index contributed by atoms with van der Waals surface area (Å²) in [6.07, 6.45) is 9.60. The summed E-state index contributed by atoms with van der Waals surface area (Å²) in [7, 11) is 0. The summed E-state index contributed by atoms with van der Waals surface area (Å²) in [5, 5.41) is 4.29. The molecule has 0 amide bonds. The van der Waals surface area contributed by atoms with E-state index in [1.54, 1.807) is 12.5 Å². The van der Waals surface area contributed by atoms with Gasteiger partial charge in [0.15, 0.2) is 5.82 Å². The molecule has 1 aromatic heterocycles. The Morgan fingerprint density at radius 2 is 2.22 bits per heavy atom. The molecule has 2 aliphatic heterocycles. The molecule has 2 fully saturated rings. The van der Waals surface area contributed by atoms with Gasteiger partial charge >= 0.3 is 0 Å². The molecule has 3 rings (SSSR count). The van der Waals surface area contributed by atoms with Gasteiger partial charge in [-0.3, -0.25) is 0 Å². The standard InChI is InChI=1S/C13H19ClN4/c14-10-8-15-9-17-13(10)18-7-2-1-5-12(18)11-4-3-6-16-11/h8-9,11-12,16H,1-7H2. The zero-order valence-corrected chi connectivity index (χ0v) is 11.2. The molecule has 2 atom stereocenters. The maximum absolute atomic E-state index is 6.24. The molecule has 98 valence electrons. The number of anilines is 1. The average molecular weight is 267 g/mol. The largest absolute Gasteiger partial charge is 0.351 e. The third-order valence-corrected chi connectivity index (χ3v) is 4.30. The quantitative estimate of drug-likeness (QED) is 0.891. The highest BCUT2D eigenvalue weighted by molar-refractivity contribution is 6.32. The van der Waals surface area contributed by atoms with Crippen LogP contribution in [0.4, 0.5) is 5.82 Å². The number of nitrogens with zero attached hydrogens (tertiary/aromatic N) is 3. The molecule has 2 aliphatic rings. The Hall–Kier alpha value is -0.870. The molecule has 0 saturated carbocycles. The van der Waals surface area contributed by atoms with E-state index in [1.165, 1.54) is 32.1 Å². The molecular formula is C13H19ClN4. The summed E-state index contributed by atoms with van der Waals surface area (Å²) >= 11 is 6.24. The van der Waals surface area contributed by atoms with Crippen LogP contribution in [0.5, 0.6) is 0 Å². The molecule has 1 aromatic rings. The fraction of sp³-hybridized carbons (Fsp3) is 0.692. The first-order valence-electron chi connectivity index (χ1n) is 6.82. The monoisotopic (exact) mass is 266 g/mol. The number of halogens is 1. The Morgan fingerprint density at radius 3 is 3.00 bits per heavy atom. The summed E-state index contributed by atoms with van der Waals surface area (Å²) in [5.41, 5.74) is 0. The molecule has 5 heteroatoms. The highest BCUT2D eigenvalue weighted by Gasteiger charge is 2.33. The molecular weight excluding hydrogens is 248 g/mol. The van der Waals surface area contributed by atoms with Gasteiger partial charge in [0.05, 0.1) is 6.20 Å². The fourth-order valence-electron chi connectivity index (χ4n) is 3.20. The van der Waals surface area contributed by atoms with Crippen LogP contribution in [0.1, 0.15) is 32.1 Å². The molecule has 1 N–H and O–H groups in total. The van der Waals surface area contributed by atoms with Gasteiger partial charge in [-0.05, 0) is 38.6 Å². The molecule has 18 heavy (non-hydrogen) atoms. The number of hydrogen-bond acceptors (Lipinski definition) is 4. The normalized spacial score (nSPS) is 28.6. The van der Waals surface area contributed by atoms with Crippen molar-refractivity contribution < 1.29 is 0 Å². The van der Waals surface area contributed by atoms with Crippen LogP contribution in [-0.4, -0.2) is 35.1 Å². The van der Waals surface area contributed by atoms with Gasteiger partial charge in [0.1, 0.15) is 11.3 Å². The van der Waals surface area contributed by atoms with Crippen molar-refractivity contribution >= 4 is 17.4 Å². The number of hydrogen-bond donors (Lipinski definition) is 1. The summed E-state index contributed by atoms with van der Waals surface area (Å²) in [6, 6.07) is 1.13. The Morgan fingerprint density at radius 1 is 1.28 bits per heavy atom. The fourth-order valence-corrected chi connectivity index (χ4v) is 3.41. The van der Waals surface area contributed by atoms with Crippen molar-refractivity contribution in [3.63, 3.8) is 0 Å². The minimum absolute atomic E-state index is 0.536. The minimum atomic E-state index is 0.536. The van der Waals surface area contributed by atoms with Gasteiger partial charge in [-0.2, -0.15) is 0 Å². The van der Waals surface area contributed by atoms with E-state index in [2.05, 4.69) is 20.2 Å². The van der Waals surface area contributed by atoms with E-state index < -0.39 is 0 Å². The number of nitrogens with one attached hydrogen (secondary N) is 1. The molecule has 0 radical (unpaired) electrons. The topological polar surface area (TPSA) is 41.1 Å². The maximum atomic E-state index is 6.24. The smallest absolute Gasteiger partial charge is 0.151 e. The molecule has 0 bridgehead atoms. The third kappa shape index (κ3) is 2.31. The third-order valence-electron chi connectivity index (χ3n) is 4.03. The Kier molecular flexibility index (Phi) is 3.66. The van der Waals surface area contributed by atoms with E-state index in [0.717, 1.165) is 18.9 Å². The van der Waals surface area contributed by atoms with E-state index in [4.69, 9.17) is 11.6 Å². The number of aromatic nitrogens is 2. The van der Waals surface area contributed by atoms with E-state index in [9.17, 15) is 0 Å². The van der Waals surface area contributed by atoms with Crippen LogP contribution < -0.4 is 10.2 Å². The zero-order valence-electron chi connectivity index (χ0n) is 10.5. The molecule has 3 heterocycles. The summed E-state index contributed by atoms with van der Waals surface area (Å²) < 4.78 is 0. The van der Waals surface area contributed by atoms with E-state index in [-0.39, 0.29) is 0 Å². The lowest BCUT2D eigenvalue weighted by atomic mass is 9.94. The van der Waals surface area contributed by atoms with Crippen molar-refractivity contribution in [1.29, 1.82) is 0 Å². The lowest BCUT2D eigenvalue weighted by Gasteiger charge is -2.40. The van der Waals surface area contributed by atoms with Gasteiger partial charge in [-0.15, -0.1) is 0 Å². The predicted octanol–water partition coefficient (Wildman–Crippen LogP) is 2.24. The highest BCUT2D eigenvalue weighted by Crippen LogP contribution is 2.31. The summed E-state index contributed by atoms with van der Waals surface area (Å²) in [5.74, 6) is 0.907. The van der Waals surface area contributed by atoms with Crippen LogP contribution >= 0.6 is 11.6 Å². The van der Waals surface area contributed by atoms with Gasteiger partial charge in [-0.1, -0.05) is 11.6 Å². The lowest BCUT2D eigenvalue weighted by molar-refractivity contribution is 0.376. The Labute approximate surface area is 113 Å². The van der Waals surface area contributed by atoms with Crippen LogP contribution in [0.15, 0.2) is 12.5 Å². The highest BCUT2D eigenvalue weighted by atomic mass is 35.5. The summed E-state index contributed by atoms with van der Waals surface area (Å²) in [6.45, 7) is 2.20. The lowest BCUT2D eigenvalue weighted by Crippen LogP contribution is -2.50. The number of rotatable bonds is 2. The van der Waals surface area contributed by atoms with Gasteiger partial charge in [-0.25, -0.2) is 9.97 Å². The van der Waals surface area contributed by atoms with Crippen molar-refractivity contribution in [3.05, 3.63) is 17.5 Å². The van der Waals surface area contributed by atoms with Gasteiger partial charge in [0.25, 0.3) is 0 Å². The molecule has 0 spiro atoms. The Balaban J connectivity index is 1.85. The van der Waals surface area contributed by atoms with Gasteiger partial charge < -0.3 is 10.2 Å². The molecule has 0 aliphatic carbocycles. The van der Waals surface area contributed by atoms with Crippen LogP contribution in [-0.2, 0) is 0 Å². The zero-order chi connectivity index (χ0) is 12.4. The van der Waals surface area contributed by atoms with Crippen molar-refractivity contribution in [2.45, 2.75) is 44.2 Å². The SMILES string of the molecule is Clc1cncnc1N1CCCCC1C1CCCN1. The maximum Gasteiger partial charge on any atom is 0.151 e. The minimum Gasteiger partial charge on any atom is -0.351 e. The molecule has 0 aromatic carbocycles. The van der Waals surface area contributed by atoms with E-state index in [0.29, 0.717) is 17.1 Å². The second kappa shape index (κ2) is 5.41. The van der Waals surface area contributed by atoms with Crippen LogP contribution in [0.25, 0.3) is 0 Å². The summed E-state index contributed by atoms with van der Waals surface area (Å²) in [4.78, 5) is 10.7. The van der Waals surface area contributed by atoms with E-state index >= 15 is 0 Å². The Bertz CT molecular complexity index is 406. The van der Waals surface area contributed by atoms with Crippen molar-refractivity contribution in [3.8, 4) is 0 Å². The van der Waals surface area contributed by atoms with Crippen molar-refractivity contribution in [1.82, 2.24) is 15.3 Å². The first-order chi connectivity index (χ1) is 8.86. The van der Waals surface area contributed by atoms with Crippen LogP contribution in [0.3, 0.4) is 0 Å².